The second-order valence-corrected chi connectivity index (χ2v) is 6.98. The van der Waals surface area contributed by atoms with Crippen LogP contribution in [0.2, 0.25) is 0 Å². The molecule has 0 aromatic heterocycles. The van der Waals surface area contributed by atoms with Crippen LogP contribution in [-0.2, 0) is 9.53 Å². The number of nitrogens with zero attached hydrogens (tertiary/aromatic N) is 1. The van der Waals surface area contributed by atoms with Gasteiger partial charge in [-0.2, -0.15) is 0 Å². The van der Waals surface area contributed by atoms with Gasteiger partial charge in [-0.25, -0.2) is 0 Å². The van der Waals surface area contributed by atoms with Gasteiger partial charge >= 0.3 is 0 Å². The monoisotopic (exact) mass is 366 g/mol. The molecule has 0 unspecified atom stereocenters. The lowest BCUT2D eigenvalue weighted by atomic mass is 10.1. The van der Waals surface area contributed by atoms with E-state index in [1.807, 2.05) is 50.2 Å². The van der Waals surface area contributed by atoms with Gasteiger partial charge in [0, 0.05) is 24.4 Å². The van der Waals surface area contributed by atoms with Crippen molar-refractivity contribution in [2.24, 2.45) is 0 Å². The second-order valence-electron chi connectivity index (χ2n) is 6.98. The smallest absolute Gasteiger partial charge is 0.254 e. The summed E-state index contributed by atoms with van der Waals surface area (Å²) in [7, 11) is 0. The molecule has 142 valence electrons. The third-order valence-electron chi connectivity index (χ3n) is 4.97. The number of carbonyl (C=O) groups is 2. The first-order valence-corrected chi connectivity index (χ1v) is 9.36. The van der Waals surface area contributed by atoms with Crippen molar-refractivity contribution < 1.29 is 14.3 Å². The standard InChI is InChI=1S/C22H26N2O3/c1-16-8-6-12-20(17(16)2)23-21(25)15-24(14-19-11-7-13-27-19)22(26)18-9-4-3-5-10-18/h3-6,8-10,12,19H,7,11,13-15H2,1-2H3,(H,23,25)/t19-/m0/s1. The maximum Gasteiger partial charge on any atom is 0.254 e. The van der Waals surface area contributed by atoms with Gasteiger partial charge in [-0.05, 0) is 56.0 Å². The number of nitrogens with one attached hydrogen (secondary N) is 1. The van der Waals surface area contributed by atoms with Gasteiger partial charge < -0.3 is 15.0 Å². The Balaban J connectivity index is 1.72. The summed E-state index contributed by atoms with van der Waals surface area (Å²) in [6, 6.07) is 14.9. The average molecular weight is 366 g/mol. The summed E-state index contributed by atoms with van der Waals surface area (Å²) >= 11 is 0. The van der Waals surface area contributed by atoms with Gasteiger partial charge in [0.15, 0.2) is 0 Å². The third kappa shape index (κ3) is 4.95. The van der Waals surface area contributed by atoms with Crippen LogP contribution in [0.1, 0.15) is 34.3 Å². The normalized spacial score (nSPS) is 16.1. The highest BCUT2D eigenvalue weighted by atomic mass is 16.5. The molecular formula is C22H26N2O3. The summed E-state index contributed by atoms with van der Waals surface area (Å²) in [5.74, 6) is -0.354. The number of ether oxygens (including phenoxy) is 1. The second kappa shape index (κ2) is 8.82. The van der Waals surface area contributed by atoms with Crippen molar-refractivity contribution >= 4 is 17.5 Å². The number of aryl methyl sites for hydroxylation is 1. The van der Waals surface area contributed by atoms with Crippen LogP contribution in [0.5, 0.6) is 0 Å². The molecule has 1 atom stereocenters. The van der Waals surface area contributed by atoms with E-state index in [2.05, 4.69) is 5.32 Å². The molecule has 1 heterocycles. The van der Waals surface area contributed by atoms with E-state index in [0.717, 1.165) is 29.7 Å². The fourth-order valence-electron chi connectivity index (χ4n) is 3.27. The topological polar surface area (TPSA) is 58.6 Å². The molecule has 5 heteroatoms. The van der Waals surface area contributed by atoms with Crippen molar-refractivity contribution in [3.8, 4) is 0 Å². The summed E-state index contributed by atoms with van der Waals surface area (Å²) in [6.07, 6.45) is 1.90. The van der Waals surface area contributed by atoms with Gasteiger partial charge in [0.25, 0.3) is 5.91 Å². The first-order valence-electron chi connectivity index (χ1n) is 9.36. The zero-order valence-corrected chi connectivity index (χ0v) is 15.9. The molecule has 1 fully saturated rings. The molecular weight excluding hydrogens is 340 g/mol. The lowest BCUT2D eigenvalue weighted by Crippen LogP contribution is -2.42. The van der Waals surface area contributed by atoms with Crippen LogP contribution in [0.3, 0.4) is 0 Å². The molecule has 1 saturated heterocycles. The van der Waals surface area contributed by atoms with E-state index in [4.69, 9.17) is 4.74 Å². The quantitative estimate of drug-likeness (QED) is 0.850. The third-order valence-corrected chi connectivity index (χ3v) is 4.97. The average Bonchev–Trinajstić information content (AvgIpc) is 3.18. The Morgan fingerprint density at radius 3 is 2.59 bits per heavy atom. The van der Waals surface area contributed by atoms with Crippen molar-refractivity contribution in [1.29, 1.82) is 0 Å². The summed E-state index contributed by atoms with van der Waals surface area (Å²) in [6.45, 7) is 5.12. The van der Waals surface area contributed by atoms with Gasteiger partial charge in [-0.15, -0.1) is 0 Å². The Morgan fingerprint density at radius 2 is 1.89 bits per heavy atom. The Kier molecular flexibility index (Phi) is 6.24. The summed E-state index contributed by atoms with van der Waals surface area (Å²) in [4.78, 5) is 27.2. The number of amides is 2. The van der Waals surface area contributed by atoms with Gasteiger partial charge in [-0.3, -0.25) is 9.59 Å². The van der Waals surface area contributed by atoms with E-state index < -0.39 is 0 Å². The molecule has 2 aromatic carbocycles. The van der Waals surface area contributed by atoms with Crippen LogP contribution in [0.4, 0.5) is 5.69 Å². The highest BCUT2D eigenvalue weighted by Gasteiger charge is 2.25. The molecule has 0 bridgehead atoms. The molecule has 0 saturated carbocycles. The minimum Gasteiger partial charge on any atom is -0.376 e. The zero-order chi connectivity index (χ0) is 19.2. The van der Waals surface area contributed by atoms with Crippen LogP contribution in [0.25, 0.3) is 0 Å². The maximum atomic E-state index is 12.9. The molecule has 1 aliphatic rings. The SMILES string of the molecule is Cc1cccc(NC(=O)CN(C[C@@H]2CCCO2)C(=O)c2ccccc2)c1C. The van der Waals surface area contributed by atoms with Gasteiger partial charge in [-0.1, -0.05) is 30.3 Å². The number of hydrogen-bond donors (Lipinski definition) is 1. The van der Waals surface area contributed by atoms with Crippen molar-refractivity contribution in [3.05, 3.63) is 65.2 Å². The highest BCUT2D eigenvalue weighted by molar-refractivity contribution is 5.99. The molecule has 3 rings (SSSR count). The van der Waals surface area contributed by atoms with Gasteiger partial charge in [0.1, 0.15) is 6.54 Å². The summed E-state index contributed by atoms with van der Waals surface area (Å²) in [5.41, 5.74) is 3.51. The first-order chi connectivity index (χ1) is 13.0. The van der Waals surface area contributed by atoms with Gasteiger partial charge in [0.05, 0.1) is 6.10 Å². The fourth-order valence-corrected chi connectivity index (χ4v) is 3.27. The fraction of sp³-hybridized carbons (Fsp3) is 0.364. The van der Waals surface area contributed by atoms with Crippen molar-refractivity contribution in [2.75, 3.05) is 25.0 Å². The van der Waals surface area contributed by atoms with Crippen molar-refractivity contribution in [1.82, 2.24) is 4.90 Å². The van der Waals surface area contributed by atoms with Crippen LogP contribution in [0, 0.1) is 13.8 Å². The number of rotatable bonds is 6. The Bertz CT molecular complexity index is 798. The van der Waals surface area contributed by atoms with Crippen LogP contribution < -0.4 is 5.32 Å². The summed E-state index contributed by atoms with van der Waals surface area (Å²) < 4.78 is 5.68. The van der Waals surface area contributed by atoms with Crippen molar-refractivity contribution in [2.45, 2.75) is 32.8 Å². The molecule has 2 amide bonds. The highest BCUT2D eigenvalue weighted by Crippen LogP contribution is 2.19. The van der Waals surface area contributed by atoms with E-state index in [1.54, 1.807) is 17.0 Å². The lowest BCUT2D eigenvalue weighted by molar-refractivity contribution is -0.117. The van der Waals surface area contributed by atoms with E-state index in [1.165, 1.54) is 0 Å². The summed E-state index contributed by atoms with van der Waals surface area (Å²) in [5, 5.41) is 2.94. The molecule has 0 radical (unpaired) electrons. The van der Waals surface area contributed by atoms with E-state index in [0.29, 0.717) is 18.7 Å². The molecule has 2 aromatic rings. The van der Waals surface area contributed by atoms with E-state index in [-0.39, 0.29) is 24.5 Å². The number of carbonyl (C=O) groups excluding carboxylic acids is 2. The minimum absolute atomic E-state index is 0.000962. The molecule has 27 heavy (non-hydrogen) atoms. The Hall–Kier alpha value is -2.66. The Labute approximate surface area is 160 Å². The van der Waals surface area contributed by atoms with Crippen LogP contribution in [0.15, 0.2) is 48.5 Å². The van der Waals surface area contributed by atoms with E-state index >= 15 is 0 Å². The molecule has 0 aliphatic carbocycles. The molecule has 1 aliphatic heterocycles. The number of anilines is 1. The van der Waals surface area contributed by atoms with Crippen LogP contribution >= 0.6 is 0 Å². The first kappa shape index (κ1) is 19.1. The molecule has 5 nitrogen and oxygen atoms in total. The van der Waals surface area contributed by atoms with Crippen molar-refractivity contribution in [3.63, 3.8) is 0 Å². The lowest BCUT2D eigenvalue weighted by Gasteiger charge is -2.25. The maximum absolute atomic E-state index is 12.9. The molecule has 1 N–H and O–H groups in total. The van der Waals surface area contributed by atoms with Gasteiger partial charge in [0.2, 0.25) is 5.91 Å². The zero-order valence-electron chi connectivity index (χ0n) is 15.9. The molecule has 0 spiro atoms. The number of benzene rings is 2. The predicted octanol–water partition coefficient (Wildman–Crippen LogP) is 3.56. The number of hydrogen-bond acceptors (Lipinski definition) is 3. The van der Waals surface area contributed by atoms with E-state index in [9.17, 15) is 9.59 Å². The largest absolute Gasteiger partial charge is 0.376 e. The minimum atomic E-state index is -0.203. The predicted molar refractivity (Wildman–Crippen MR) is 106 cm³/mol. The van der Waals surface area contributed by atoms with Crippen LogP contribution in [-0.4, -0.2) is 42.5 Å². The Morgan fingerprint density at radius 1 is 1.11 bits per heavy atom.